The molecule has 0 aromatic rings. The number of likely N-dealkylation sites (N-methyl/N-ethyl adjacent to an activating group) is 1. The van der Waals surface area contributed by atoms with Crippen LogP contribution in [0.3, 0.4) is 0 Å². The van der Waals surface area contributed by atoms with Crippen LogP contribution >= 0.6 is 0 Å². The number of nitrogens with one attached hydrogen (secondary N) is 1. The lowest BCUT2D eigenvalue weighted by Gasteiger charge is -2.32. The number of carbonyl (C=O) groups excluding carboxylic acids is 1. The van der Waals surface area contributed by atoms with Crippen molar-refractivity contribution in [2.75, 3.05) is 27.2 Å². The molecule has 4 heteroatoms. The van der Waals surface area contributed by atoms with Crippen molar-refractivity contribution in [3.8, 4) is 0 Å². The number of hydrogen-bond donors (Lipinski definition) is 1. The van der Waals surface area contributed by atoms with Gasteiger partial charge in [0.1, 0.15) is 0 Å². The molecule has 1 amide bonds. The smallest absolute Gasteiger partial charge is 0.243 e. The first-order valence-electron chi connectivity index (χ1n) is 9.66. The lowest BCUT2D eigenvalue weighted by atomic mass is 10.1. The molecule has 0 aliphatic heterocycles. The van der Waals surface area contributed by atoms with E-state index in [1.807, 2.05) is 0 Å². The van der Waals surface area contributed by atoms with Crippen LogP contribution in [-0.4, -0.2) is 43.6 Å². The summed E-state index contributed by atoms with van der Waals surface area (Å²) in [7, 11) is 4.51. The summed E-state index contributed by atoms with van der Waals surface area (Å²) in [6, 6.07) is 0.193. The minimum absolute atomic E-state index is 0. The predicted molar refractivity (Wildman–Crippen MR) is 101 cm³/mol. The molecule has 0 rings (SSSR count). The minimum atomic E-state index is -0.0727. The van der Waals surface area contributed by atoms with E-state index in [-0.39, 0.29) is 28.9 Å². The maximum Gasteiger partial charge on any atom is 0.243 e. The molecule has 0 saturated heterocycles. The number of nitrogens with zero attached hydrogens (tertiary/aromatic N) is 1. The summed E-state index contributed by atoms with van der Waals surface area (Å²) in [5, 5.41) is 2.95. The van der Waals surface area contributed by atoms with E-state index in [0.717, 1.165) is 11.0 Å². The molecule has 0 aromatic heterocycles. The van der Waals surface area contributed by atoms with Crippen molar-refractivity contribution in [3.05, 3.63) is 12.7 Å². The Kier molecular flexibility index (Phi) is 17.4. The number of amides is 1. The van der Waals surface area contributed by atoms with E-state index in [9.17, 15) is 4.79 Å². The Balaban J connectivity index is 0. The van der Waals surface area contributed by atoms with E-state index < -0.39 is 0 Å². The van der Waals surface area contributed by atoms with Crippen LogP contribution in [0.4, 0.5) is 0 Å². The van der Waals surface area contributed by atoms with Crippen molar-refractivity contribution in [3.63, 3.8) is 0 Å². The SMILES string of the molecule is C=CC(=O)NC(C)C[N+](C)(C)CCCCCCCCCCCC.[Br-]. The monoisotopic (exact) mass is 404 g/mol. The van der Waals surface area contributed by atoms with Gasteiger partial charge in [-0.05, 0) is 25.8 Å². The van der Waals surface area contributed by atoms with Gasteiger partial charge in [0.15, 0.2) is 0 Å². The first-order valence-corrected chi connectivity index (χ1v) is 9.66. The van der Waals surface area contributed by atoms with Crippen molar-refractivity contribution in [2.45, 2.75) is 84.1 Å². The highest BCUT2D eigenvalue weighted by atomic mass is 79.9. The Labute approximate surface area is 161 Å². The molecule has 0 radical (unpaired) electrons. The molecule has 1 unspecified atom stereocenters. The number of hydrogen-bond acceptors (Lipinski definition) is 1. The molecule has 0 fully saturated rings. The van der Waals surface area contributed by atoms with Crippen LogP contribution in [0.1, 0.15) is 78.1 Å². The normalized spacial score (nSPS) is 12.3. The highest BCUT2D eigenvalue weighted by Gasteiger charge is 2.19. The zero-order valence-electron chi connectivity index (χ0n) is 16.6. The lowest BCUT2D eigenvalue weighted by Crippen LogP contribution is -3.00. The van der Waals surface area contributed by atoms with Gasteiger partial charge >= 0.3 is 0 Å². The summed E-state index contributed by atoms with van der Waals surface area (Å²) in [4.78, 5) is 11.3. The largest absolute Gasteiger partial charge is 1.00 e. The van der Waals surface area contributed by atoms with Crippen LogP contribution in [0.15, 0.2) is 12.7 Å². The molecule has 24 heavy (non-hydrogen) atoms. The van der Waals surface area contributed by atoms with E-state index >= 15 is 0 Å². The molecule has 0 aliphatic rings. The second-order valence-corrected chi connectivity index (χ2v) is 7.64. The lowest BCUT2D eigenvalue weighted by molar-refractivity contribution is -0.891. The standard InChI is InChI=1S/C20H40N2O.BrH/c1-6-8-9-10-11-12-13-14-15-16-17-22(4,5)18-19(3)21-20(23)7-2;/h7,19H,2,6,8-18H2,1,3-5H3;1H. The molecule has 1 atom stereocenters. The zero-order valence-corrected chi connectivity index (χ0v) is 18.2. The Morgan fingerprint density at radius 2 is 1.46 bits per heavy atom. The fourth-order valence-electron chi connectivity index (χ4n) is 3.21. The van der Waals surface area contributed by atoms with Gasteiger partial charge < -0.3 is 26.8 Å². The molecule has 3 nitrogen and oxygen atoms in total. The van der Waals surface area contributed by atoms with E-state index in [4.69, 9.17) is 0 Å². The Morgan fingerprint density at radius 1 is 1.00 bits per heavy atom. The molecular weight excluding hydrogens is 364 g/mol. The van der Waals surface area contributed by atoms with Crippen LogP contribution in [0.25, 0.3) is 0 Å². The average molecular weight is 405 g/mol. The number of carbonyl (C=O) groups is 1. The second kappa shape index (κ2) is 16.1. The van der Waals surface area contributed by atoms with Gasteiger partial charge in [0, 0.05) is 0 Å². The van der Waals surface area contributed by atoms with Crippen molar-refractivity contribution in [1.82, 2.24) is 5.32 Å². The van der Waals surface area contributed by atoms with Gasteiger partial charge in [0.05, 0.1) is 33.2 Å². The van der Waals surface area contributed by atoms with Crippen LogP contribution in [0, 0.1) is 0 Å². The fraction of sp³-hybridized carbons (Fsp3) is 0.850. The Bertz CT molecular complexity index is 319. The van der Waals surface area contributed by atoms with Crippen molar-refractivity contribution in [2.24, 2.45) is 0 Å². The predicted octanol–water partition coefficient (Wildman–Crippen LogP) is 1.68. The summed E-state index contributed by atoms with van der Waals surface area (Å²) < 4.78 is 0.968. The number of unbranched alkanes of at least 4 members (excludes halogenated alkanes) is 9. The van der Waals surface area contributed by atoms with Gasteiger partial charge in [-0.1, -0.05) is 64.9 Å². The van der Waals surface area contributed by atoms with Crippen LogP contribution in [0.5, 0.6) is 0 Å². The average Bonchev–Trinajstić information content (AvgIpc) is 2.48. The van der Waals surface area contributed by atoms with Gasteiger partial charge in [-0.15, -0.1) is 0 Å². The van der Waals surface area contributed by atoms with Crippen molar-refractivity contribution in [1.29, 1.82) is 0 Å². The molecular formula is C20H41BrN2O. The second-order valence-electron chi connectivity index (χ2n) is 7.64. The van der Waals surface area contributed by atoms with Gasteiger partial charge in [-0.3, -0.25) is 4.79 Å². The minimum Gasteiger partial charge on any atom is -1.00 e. The zero-order chi connectivity index (χ0) is 17.6. The summed E-state index contributed by atoms with van der Waals surface area (Å²) in [5.74, 6) is -0.0727. The third-order valence-electron chi connectivity index (χ3n) is 4.46. The topological polar surface area (TPSA) is 29.1 Å². The number of quaternary nitrogens is 1. The Morgan fingerprint density at radius 3 is 1.92 bits per heavy atom. The highest BCUT2D eigenvalue weighted by Crippen LogP contribution is 2.12. The fourth-order valence-corrected chi connectivity index (χ4v) is 3.21. The summed E-state index contributed by atoms with van der Waals surface area (Å²) in [5.41, 5.74) is 0. The molecule has 144 valence electrons. The van der Waals surface area contributed by atoms with Gasteiger partial charge in [-0.2, -0.15) is 0 Å². The van der Waals surface area contributed by atoms with E-state index in [1.165, 1.54) is 76.8 Å². The van der Waals surface area contributed by atoms with Crippen LogP contribution in [-0.2, 0) is 4.79 Å². The molecule has 0 aliphatic carbocycles. The van der Waals surface area contributed by atoms with Gasteiger partial charge in [0.2, 0.25) is 5.91 Å². The summed E-state index contributed by atoms with van der Waals surface area (Å²) in [6.07, 6.45) is 15.1. The maximum absolute atomic E-state index is 11.3. The van der Waals surface area contributed by atoms with Gasteiger partial charge in [-0.25, -0.2) is 0 Å². The molecule has 0 heterocycles. The molecule has 0 spiro atoms. The quantitative estimate of drug-likeness (QED) is 0.251. The Hall–Kier alpha value is -0.350. The first kappa shape index (κ1) is 25.9. The summed E-state index contributed by atoms with van der Waals surface area (Å²) in [6.45, 7) is 9.99. The van der Waals surface area contributed by atoms with Crippen LogP contribution < -0.4 is 22.3 Å². The van der Waals surface area contributed by atoms with Gasteiger partial charge in [0.25, 0.3) is 0 Å². The molecule has 0 bridgehead atoms. The van der Waals surface area contributed by atoms with E-state index in [0.29, 0.717) is 0 Å². The highest BCUT2D eigenvalue weighted by molar-refractivity contribution is 5.87. The third-order valence-corrected chi connectivity index (χ3v) is 4.46. The molecule has 1 N–H and O–H groups in total. The number of rotatable bonds is 15. The van der Waals surface area contributed by atoms with Crippen molar-refractivity contribution < 1.29 is 26.3 Å². The number of halogens is 1. The third kappa shape index (κ3) is 16.5. The molecule has 0 saturated carbocycles. The van der Waals surface area contributed by atoms with E-state index in [1.54, 1.807) is 0 Å². The first-order chi connectivity index (χ1) is 10.9. The summed E-state index contributed by atoms with van der Waals surface area (Å²) >= 11 is 0. The van der Waals surface area contributed by atoms with Crippen LogP contribution in [0.2, 0.25) is 0 Å². The van der Waals surface area contributed by atoms with E-state index in [2.05, 4.69) is 39.8 Å². The van der Waals surface area contributed by atoms with Crippen molar-refractivity contribution >= 4 is 5.91 Å². The maximum atomic E-state index is 11.3. The molecule has 0 aromatic carbocycles.